The second-order valence-electron chi connectivity index (χ2n) is 7.70. The predicted octanol–water partition coefficient (Wildman–Crippen LogP) is 4.89. The van der Waals surface area contributed by atoms with Gasteiger partial charge in [0, 0.05) is 7.05 Å². The lowest BCUT2D eigenvalue weighted by atomic mass is 10.1. The molecule has 6 nitrogen and oxygen atoms in total. The second kappa shape index (κ2) is 9.46. The number of methoxy groups -OCH3 is 1. The Morgan fingerprint density at radius 3 is 2.36 bits per heavy atom. The number of aromatic nitrogens is 2. The van der Waals surface area contributed by atoms with Crippen LogP contribution in [0.1, 0.15) is 29.7 Å². The molecule has 0 N–H and O–H groups in total. The molecule has 1 aromatic heterocycles. The summed E-state index contributed by atoms with van der Waals surface area (Å²) < 4.78 is 7.03. The molecular formula is C26H24ClN3O3. The Kier molecular flexibility index (Phi) is 6.47. The Balaban J connectivity index is 1.85. The number of carbonyl (C=O) groups excluding carboxylic acids is 1. The smallest absolute Gasteiger partial charge is 0.266 e. The molecule has 0 fully saturated rings. The van der Waals surface area contributed by atoms with E-state index in [9.17, 15) is 9.59 Å². The maximum atomic E-state index is 13.6. The lowest BCUT2D eigenvalue weighted by Crippen LogP contribution is -2.36. The summed E-state index contributed by atoms with van der Waals surface area (Å²) in [6, 6.07) is 23.0. The Morgan fingerprint density at radius 1 is 1.00 bits per heavy atom. The zero-order valence-electron chi connectivity index (χ0n) is 18.6. The summed E-state index contributed by atoms with van der Waals surface area (Å²) in [5, 5.41) is -0.376. The van der Waals surface area contributed by atoms with Gasteiger partial charge < -0.3 is 9.64 Å². The molecular weight excluding hydrogens is 438 g/mol. The van der Waals surface area contributed by atoms with Crippen LogP contribution >= 0.6 is 11.6 Å². The van der Waals surface area contributed by atoms with Crippen LogP contribution < -0.4 is 10.3 Å². The van der Waals surface area contributed by atoms with Crippen LogP contribution in [0.5, 0.6) is 5.75 Å². The number of para-hydroxylation sites is 3. The lowest BCUT2D eigenvalue weighted by molar-refractivity contribution is -0.131. The van der Waals surface area contributed by atoms with E-state index in [1.807, 2.05) is 55.5 Å². The molecule has 0 aliphatic rings. The van der Waals surface area contributed by atoms with Gasteiger partial charge in [0.25, 0.3) is 5.56 Å². The van der Waals surface area contributed by atoms with Gasteiger partial charge in [-0.2, -0.15) is 0 Å². The monoisotopic (exact) mass is 461 g/mol. The average molecular weight is 462 g/mol. The van der Waals surface area contributed by atoms with Gasteiger partial charge in [-0.25, -0.2) is 4.98 Å². The molecule has 0 radical (unpaired) electrons. The second-order valence-corrected chi connectivity index (χ2v) is 8.13. The number of rotatable bonds is 6. The molecule has 0 spiro atoms. The molecule has 4 rings (SSSR count). The topological polar surface area (TPSA) is 64.4 Å². The van der Waals surface area contributed by atoms with Crippen LogP contribution in [0.15, 0.2) is 83.7 Å². The molecule has 0 aliphatic carbocycles. The first-order chi connectivity index (χ1) is 15.9. The van der Waals surface area contributed by atoms with E-state index in [1.54, 1.807) is 44.5 Å². The van der Waals surface area contributed by atoms with Crippen molar-refractivity contribution in [1.82, 2.24) is 14.5 Å². The normalized spacial score (nSPS) is 12.8. The van der Waals surface area contributed by atoms with Gasteiger partial charge in [0.1, 0.15) is 17.0 Å². The molecule has 2 atom stereocenters. The Labute approximate surface area is 197 Å². The fourth-order valence-electron chi connectivity index (χ4n) is 3.78. The number of carbonyl (C=O) groups is 1. The number of halogens is 1. The van der Waals surface area contributed by atoms with Crippen LogP contribution in [0.2, 0.25) is 0 Å². The fraction of sp³-hybridized carbons (Fsp3) is 0.192. The van der Waals surface area contributed by atoms with E-state index >= 15 is 0 Å². The standard InChI is InChI=1S/C26H24ClN3O3/c1-17(29(2)26(32)23(27)18-11-5-4-6-12-18)24-28-20-14-8-7-13-19(20)25(31)30(24)21-15-9-10-16-22(21)33-3/h4-17,23H,1-3H3. The van der Waals surface area contributed by atoms with E-state index in [1.165, 1.54) is 9.47 Å². The number of amides is 1. The lowest BCUT2D eigenvalue weighted by Gasteiger charge is -2.29. The van der Waals surface area contributed by atoms with Crippen molar-refractivity contribution in [2.24, 2.45) is 0 Å². The zero-order valence-corrected chi connectivity index (χ0v) is 19.4. The van der Waals surface area contributed by atoms with Crippen molar-refractivity contribution >= 4 is 28.4 Å². The summed E-state index contributed by atoms with van der Waals surface area (Å²) in [4.78, 5) is 33.2. The van der Waals surface area contributed by atoms with Gasteiger partial charge in [-0.15, -0.1) is 11.6 Å². The minimum absolute atomic E-state index is 0.238. The van der Waals surface area contributed by atoms with Crippen molar-refractivity contribution in [3.05, 3.63) is 101 Å². The molecule has 4 aromatic rings. The molecule has 0 saturated heterocycles. The number of fused-ring (bicyclic) bond motifs is 1. The van der Waals surface area contributed by atoms with Gasteiger partial charge in [-0.3, -0.25) is 14.2 Å². The van der Waals surface area contributed by atoms with Crippen molar-refractivity contribution in [2.75, 3.05) is 14.2 Å². The van der Waals surface area contributed by atoms with Crippen molar-refractivity contribution in [1.29, 1.82) is 0 Å². The number of benzene rings is 3. The molecule has 2 unspecified atom stereocenters. The van der Waals surface area contributed by atoms with Crippen LogP contribution in [-0.2, 0) is 4.79 Å². The Hall–Kier alpha value is -3.64. The van der Waals surface area contributed by atoms with Gasteiger partial charge in [-0.1, -0.05) is 54.6 Å². The largest absolute Gasteiger partial charge is 0.495 e. The molecule has 1 heterocycles. The first-order valence-electron chi connectivity index (χ1n) is 10.5. The minimum Gasteiger partial charge on any atom is -0.495 e. The summed E-state index contributed by atoms with van der Waals surface area (Å²) >= 11 is 6.51. The number of nitrogens with zero attached hydrogens (tertiary/aromatic N) is 3. The molecule has 33 heavy (non-hydrogen) atoms. The number of likely N-dealkylation sites (N-methyl/N-ethyl adjacent to an activating group) is 1. The maximum absolute atomic E-state index is 13.6. The third kappa shape index (κ3) is 4.22. The molecule has 168 valence electrons. The molecule has 3 aromatic carbocycles. The fourth-order valence-corrected chi connectivity index (χ4v) is 4.08. The summed E-state index contributed by atoms with van der Waals surface area (Å²) in [5.41, 5.74) is 1.58. The molecule has 1 amide bonds. The van der Waals surface area contributed by atoms with Crippen LogP contribution in [0.4, 0.5) is 0 Å². The molecule has 0 bridgehead atoms. The van der Waals surface area contributed by atoms with Gasteiger partial charge in [0.15, 0.2) is 0 Å². The van der Waals surface area contributed by atoms with E-state index in [4.69, 9.17) is 21.3 Å². The van der Waals surface area contributed by atoms with Crippen LogP contribution in [0.25, 0.3) is 16.6 Å². The summed E-state index contributed by atoms with van der Waals surface area (Å²) in [6.07, 6.45) is 0. The highest BCUT2D eigenvalue weighted by atomic mass is 35.5. The SMILES string of the molecule is COc1ccccc1-n1c(C(C)N(C)C(=O)C(Cl)c2ccccc2)nc2ccccc2c1=O. The van der Waals surface area contributed by atoms with E-state index in [0.29, 0.717) is 33.7 Å². The highest BCUT2D eigenvalue weighted by Crippen LogP contribution is 2.30. The number of hydrogen-bond donors (Lipinski definition) is 0. The van der Waals surface area contributed by atoms with Crippen LogP contribution in [0.3, 0.4) is 0 Å². The first-order valence-corrected chi connectivity index (χ1v) is 11.0. The maximum Gasteiger partial charge on any atom is 0.266 e. The summed E-state index contributed by atoms with van der Waals surface area (Å²) in [6.45, 7) is 1.83. The Bertz CT molecular complexity index is 1350. The van der Waals surface area contributed by atoms with Crippen molar-refractivity contribution < 1.29 is 9.53 Å². The summed E-state index contributed by atoms with van der Waals surface area (Å²) in [5.74, 6) is 0.652. The van der Waals surface area contributed by atoms with Gasteiger partial charge in [-0.05, 0) is 36.8 Å². The van der Waals surface area contributed by atoms with Gasteiger partial charge in [0.05, 0.1) is 29.7 Å². The molecule has 0 saturated carbocycles. The predicted molar refractivity (Wildman–Crippen MR) is 130 cm³/mol. The minimum atomic E-state index is -0.856. The zero-order chi connectivity index (χ0) is 23.5. The number of hydrogen-bond acceptors (Lipinski definition) is 4. The Morgan fingerprint density at radius 2 is 1.64 bits per heavy atom. The van der Waals surface area contributed by atoms with E-state index in [-0.39, 0.29) is 11.5 Å². The van der Waals surface area contributed by atoms with E-state index < -0.39 is 11.4 Å². The van der Waals surface area contributed by atoms with E-state index in [2.05, 4.69) is 0 Å². The van der Waals surface area contributed by atoms with Gasteiger partial charge >= 0.3 is 0 Å². The van der Waals surface area contributed by atoms with Crippen molar-refractivity contribution in [3.63, 3.8) is 0 Å². The first kappa shape index (κ1) is 22.6. The third-order valence-electron chi connectivity index (χ3n) is 5.74. The highest BCUT2D eigenvalue weighted by molar-refractivity contribution is 6.30. The third-order valence-corrected chi connectivity index (χ3v) is 6.18. The summed E-state index contributed by atoms with van der Waals surface area (Å²) in [7, 11) is 3.22. The molecule has 0 aliphatic heterocycles. The number of alkyl halides is 1. The van der Waals surface area contributed by atoms with Crippen LogP contribution in [0, 0.1) is 0 Å². The van der Waals surface area contributed by atoms with Crippen molar-refractivity contribution in [2.45, 2.75) is 18.3 Å². The average Bonchev–Trinajstić information content (AvgIpc) is 2.87. The van der Waals surface area contributed by atoms with Crippen LogP contribution in [-0.4, -0.2) is 34.5 Å². The quantitative estimate of drug-likeness (QED) is 0.383. The highest BCUT2D eigenvalue weighted by Gasteiger charge is 2.29. The molecule has 7 heteroatoms. The van der Waals surface area contributed by atoms with Crippen molar-refractivity contribution in [3.8, 4) is 11.4 Å². The number of ether oxygens (including phenoxy) is 1. The van der Waals surface area contributed by atoms with Gasteiger partial charge in [0.2, 0.25) is 5.91 Å². The van der Waals surface area contributed by atoms with E-state index in [0.717, 1.165) is 0 Å².